The van der Waals surface area contributed by atoms with Gasteiger partial charge in [-0.2, -0.15) is 0 Å². The van der Waals surface area contributed by atoms with E-state index in [0.717, 1.165) is 6.42 Å². The molecule has 0 saturated heterocycles. The Morgan fingerprint density at radius 2 is 1.50 bits per heavy atom. The van der Waals surface area contributed by atoms with Crippen LogP contribution in [-0.4, -0.2) is 13.1 Å². The molecule has 1 aromatic carbocycles. The van der Waals surface area contributed by atoms with Gasteiger partial charge >= 0.3 is 0 Å². The molecule has 0 spiro atoms. The number of hydrogen-bond donors (Lipinski definition) is 2. The van der Waals surface area contributed by atoms with Gasteiger partial charge in [-0.25, -0.2) is 0 Å². The molecule has 90 valence electrons. The molecule has 0 atom stereocenters. The molecular weight excluding hydrogens is 204 g/mol. The van der Waals surface area contributed by atoms with Crippen molar-refractivity contribution in [2.45, 2.75) is 34.1 Å². The van der Waals surface area contributed by atoms with Gasteiger partial charge in [-0.1, -0.05) is 20.8 Å². The van der Waals surface area contributed by atoms with Gasteiger partial charge in [0, 0.05) is 13.1 Å². The average Bonchev–Trinajstić information content (AvgIpc) is 2.20. The van der Waals surface area contributed by atoms with Gasteiger partial charge in [0.15, 0.2) is 0 Å². The summed E-state index contributed by atoms with van der Waals surface area (Å²) in [6.07, 6.45) is 0.956. The van der Waals surface area contributed by atoms with Gasteiger partial charge in [0.05, 0.1) is 0 Å². The van der Waals surface area contributed by atoms with Crippen LogP contribution >= 0.6 is 0 Å². The van der Waals surface area contributed by atoms with Gasteiger partial charge in [-0.3, -0.25) is 9.59 Å². The standard InChI is InChI=1S/C12H20N2O2/c1-5-13-8-9(11(16)10(8)15)14-7-6-12(2,3)4/h13-14H,5-7H2,1-4H3. The Morgan fingerprint density at radius 3 is 1.94 bits per heavy atom. The SMILES string of the molecule is CCNc1c(NCCC(C)(C)C)c(=O)c1=O. The van der Waals surface area contributed by atoms with Crippen LogP contribution < -0.4 is 21.5 Å². The molecule has 0 radical (unpaired) electrons. The van der Waals surface area contributed by atoms with E-state index in [2.05, 4.69) is 31.4 Å². The molecule has 4 nitrogen and oxygen atoms in total. The number of hydrogen-bond acceptors (Lipinski definition) is 4. The van der Waals surface area contributed by atoms with Crippen LogP contribution in [0.3, 0.4) is 0 Å². The van der Waals surface area contributed by atoms with Crippen LogP contribution in [0.5, 0.6) is 0 Å². The highest BCUT2D eigenvalue weighted by Crippen LogP contribution is 2.19. The van der Waals surface area contributed by atoms with Crippen molar-refractivity contribution in [3.63, 3.8) is 0 Å². The van der Waals surface area contributed by atoms with Gasteiger partial charge in [0.25, 0.3) is 10.9 Å². The predicted molar refractivity (Wildman–Crippen MR) is 68.1 cm³/mol. The zero-order chi connectivity index (χ0) is 12.3. The summed E-state index contributed by atoms with van der Waals surface area (Å²) in [5.41, 5.74) is 0.324. The van der Waals surface area contributed by atoms with Crippen molar-refractivity contribution in [2.24, 2.45) is 5.41 Å². The van der Waals surface area contributed by atoms with Crippen LogP contribution in [0.25, 0.3) is 0 Å². The molecule has 16 heavy (non-hydrogen) atoms. The third-order valence-corrected chi connectivity index (χ3v) is 2.44. The molecule has 1 aromatic rings. The molecule has 0 aliphatic heterocycles. The Labute approximate surface area is 95.8 Å². The first-order valence-corrected chi connectivity index (χ1v) is 5.68. The molecule has 0 fully saturated rings. The van der Waals surface area contributed by atoms with Crippen molar-refractivity contribution >= 4 is 11.4 Å². The maximum absolute atomic E-state index is 11.3. The highest BCUT2D eigenvalue weighted by atomic mass is 16.2. The smallest absolute Gasteiger partial charge is 0.253 e. The topological polar surface area (TPSA) is 58.2 Å². The first kappa shape index (κ1) is 12.7. The molecule has 0 heterocycles. The molecule has 1 rings (SSSR count). The predicted octanol–water partition coefficient (Wildman–Crippen LogP) is 1.56. The van der Waals surface area contributed by atoms with E-state index in [0.29, 0.717) is 24.5 Å². The van der Waals surface area contributed by atoms with Crippen molar-refractivity contribution < 1.29 is 0 Å². The summed E-state index contributed by atoms with van der Waals surface area (Å²) in [6.45, 7) is 9.69. The summed E-state index contributed by atoms with van der Waals surface area (Å²) >= 11 is 0. The minimum Gasteiger partial charge on any atom is -0.380 e. The molecule has 0 unspecified atom stereocenters. The fourth-order valence-corrected chi connectivity index (χ4v) is 1.47. The molecular formula is C12H20N2O2. The minimum atomic E-state index is -0.403. The van der Waals surface area contributed by atoms with Crippen molar-refractivity contribution in [2.75, 3.05) is 23.7 Å². The van der Waals surface area contributed by atoms with Gasteiger partial charge < -0.3 is 10.6 Å². The average molecular weight is 224 g/mol. The molecule has 0 aromatic heterocycles. The van der Waals surface area contributed by atoms with Gasteiger partial charge in [0.1, 0.15) is 11.4 Å². The van der Waals surface area contributed by atoms with Crippen LogP contribution in [0, 0.1) is 5.41 Å². The van der Waals surface area contributed by atoms with E-state index in [4.69, 9.17) is 0 Å². The highest BCUT2D eigenvalue weighted by Gasteiger charge is 2.20. The van der Waals surface area contributed by atoms with E-state index in [1.54, 1.807) is 0 Å². The Morgan fingerprint density at radius 1 is 1.00 bits per heavy atom. The summed E-state index contributed by atoms with van der Waals surface area (Å²) in [5, 5.41) is 5.94. The summed E-state index contributed by atoms with van der Waals surface area (Å²) in [4.78, 5) is 22.5. The lowest BCUT2D eigenvalue weighted by Gasteiger charge is -2.20. The molecule has 0 aliphatic rings. The Hall–Kier alpha value is -1.32. The lowest BCUT2D eigenvalue weighted by atomic mass is 9.92. The second-order valence-electron chi connectivity index (χ2n) is 5.18. The van der Waals surface area contributed by atoms with E-state index in [1.165, 1.54) is 0 Å². The van der Waals surface area contributed by atoms with E-state index in [9.17, 15) is 9.59 Å². The van der Waals surface area contributed by atoms with Crippen LogP contribution in [0.2, 0.25) is 0 Å². The zero-order valence-corrected chi connectivity index (χ0v) is 10.4. The van der Waals surface area contributed by atoms with Crippen molar-refractivity contribution in [3.8, 4) is 0 Å². The summed E-state index contributed by atoms with van der Waals surface area (Å²) in [5.74, 6) is 0. The van der Waals surface area contributed by atoms with Gasteiger partial charge in [0.2, 0.25) is 0 Å². The molecule has 4 heteroatoms. The minimum absolute atomic E-state index is 0.225. The summed E-state index contributed by atoms with van der Waals surface area (Å²) in [6, 6.07) is 0. The largest absolute Gasteiger partial charge is 0.380 e. The van der Waals surface area contributed by atoms with Crippen molar-refractivity contribution in [1.29, 1.82) is 0 Å². The van der Waals surface area contributed by atoms with Crippen LogP contribution in [0.15, 0.2) is 9.59 Å². The van der Waals surface area contributed by atoms with Crippen LogP contribution in [0.1, 0.15) is 34.1 Å². The molecule has 0 aliphatic carbocycles. The van der Waals surface area contributed by atoms with E-state index < -0.39 is 10.9 Å². The zero-order valence-electron chi connectivity index (χ0n) is 10.4. The van der Waals surface area contributed by atoms with Crippen molar-refractivity contribution in [1.82, 2.24) is 0 Å². The first-order chi connectivity index (χ1) is 7.37. The maximum Gasteiger partial charge on any atom is 0.253 e. The molecule has 0 amide bonds. The lowest BCUT2D eigenvalue weighted by molar-refractivity contribution is 0.389. The summed E-state index contributed by atoms with van der Waals surface area (Å²) in [7, 11) is 0. The Bertz CT molecular complexity index is 423. The number of anilines is 2. The maximum atomic E-state index is 11.3. The van der Waals surface area contributed by atoms with E-state index >= 15 is 0 Å². The van der Waals surface area contributed by atoms with Crippen molar-refractivity contribution in [3.05, 3.63) is 20.4 Å². The highest BCUT2D eigenvalue weighted by molar-refractivity contribution is 5.73. The van der Waals surface area contributed by atoms with Crippen LogP contribution in [-0.2, 0) is 0 Å². The Kier molecular flexibility index (Phi) is 3.73. The molecule has 0 saturated carbocycles. The van der Waals surface area contributed by atoms with Crippen LogP contribution in [0.4, 0.5) is 11.4 Å². The second kappa shape index (κ2) is 4.68. The van der Waals surface area contributed by atoms with Gasteiger partial charge in [-0.15, -0.1) is 0 Å². The molecule has 0 bridgehead atoms. The van der Waals surface area contributed by atoms with E-state index in [-0.39, 0.29) is 5.41 Å². The van der Waals surface area contributed by atoms with E-state index in [1.807, 2.05) is 6.92 Å². The molecule has 2 N–H and O–H groups in total. The lowest BCUT2D eigenvalue weighted by Crippen LogP contribution is -2.37. The second-order valence-corrected chi connectivity index (χ2v) is 5.18. The third-order valence-electron chi connectivity index (χ3n) is 2.44. The first-order valence-electron chi connectivity index (χ1n) is 5.68. The number of rotatable bonds is 5. The monoisotopic (exact) mass is 224 g/mol. The Balaban J connectivity index is 2.58. The summed E-state index contributed by atoms with van der Waals surface area (Å²) < 4.78 is 0. The fraction of sp³-hybridized carbons (Fsp3) is 0.667. The quantitative estimate of drug-likeness (QED) is 0.745. The number of nitrogens with one attached hydrogen (secondary N) is 2. The third kappa shape index (κ3) is 2.84. The normalized spacial score (nSPS) is 11.8. The fourth-order valence-electron chi connectivity index (χ4n) is 1.47. The van der Waals surface area contributed by atoms with Gasteiger partial charge in [-0.05, 0) is 18.8 Å².